The molecule has 0 aliphatic carbocycles. The SMILES string of the molecule is C#CC(=O)CC(=O)OC. The lowest BCUT2D eigenvalue weighted by Gasteiger charge is -1.90. The van der Waals surface area contributed by atoms with Crippen LogP contribution in [-0.4, -0.2) is 18.9 Å². The van der Waals surface area contributed by atoms with E-state index in [0.29, 0.717) is 0 Å². The minimum atomic E-state index is -0.599. The molecule has 0 N–H and O–H groups in total. The molecule has 0 spiro atoms. The number of esters is 1. The summed E-state index contributed by atoms with van der Waals surface area (Å²) in [6, 6.07) is 0. The van der Waals surface area contributed by atoms with E-state index in [-0.39, 0.29) is 6.42 Å². The molecular formula is C6H6O3. The van der Waals surface area contributed by atoms with Crippen molar-refractivity contribution >= 4 is 11.8 Å². The van der Waals surface area contributed by atoms with Crippen molar-refractivity contribution in [3.05, 3.63) is 0 Å². The Morgan fingerprint density at radius 3 is 2.56 bits per heavy atom. The lowest BCUT2D eigenvalue weighted by atomic mass is 10.3. The molecular weight excluding hydrogens is 120 g/mol. The molecule has 0 aromatic heterocycles. The molecule has 0 aliphatic rings. The molecule has 0 heterocycles. The third-order valence-electron chi connectivity index (χ3n) is 0.694. The summed E-state index contributed by atoms with van der Waals surface area (Å²) in [5, 5.41) is 0. The van der Waals surface area contributed by atoms with E-state index in [0.717, 1.165) is 0 Å². The highest BCUT2D eigenvalue weighted by molar-refractivity contribution is 6.05. The zero-order valence-electron chi connectivity index (χ0n) is 5.01. The van der Waals surface area contributed by atoms with Gasteiger partial charge in [0.25, 0.3) is 0 Å². The first-order valence-electron chi connectivity index (χ1n) is 2.27. The topological polar surface area (TPSA) is 43.4 Å². The number of Topliss-reactive ketones (excluding diaryl/α,β-unsaturated/α-hetero) is 1. The molecule has 0 aromatic rings. The Balaban J connectivity index is 3.64. The number of ether oxygens (including phenoxy) is 1. The predicted molar refractivity (Wildman–Crippen MR) is 30.5 cm³/mol. The van der Waals surface area contributed by atoms with E-state index in [4.69, 9.17) is 0 Å². The highest BCUT2D eigenvalue weighted by atomic mass is 16.5. The molecule has 0 atom stereocenters. The van der Waals surface area contributed by atoms with Gasteiger partial charge in [0.15, 0.2) is 0 Å². The Kier molecular flexibility index (Phi) is 3.14. The molecule has 3 nitrogen and oxygen atoms in total. The fourth-order valence-corrected chi connectivity index (χ4v) is 0.254. The van der Waals surface area contributed by atoms with Gasteiger partial charge in [-0.3, -0.25) is 9.59 Å². The third-order valence-corrected chi connectivity index (χ3v) is 0.694. The van der Waals surface area contributed by atoms with Gasteiger partial charge in [-0.25, -0.2) is 0 Å². The van der Waals surface area contributed by atoms with Crippen LogP contribution in [0.4, 0.5) is 0 Å². The van der Waals surface area contributed by atoms with E-state index < -0.39 is 11.8 Å². The zero-order valence-corrected chi connectivity index (χ0v) is 5.01. The molecule has 48 valence electrons. The maximum atomic E-state index is 10.2. The van der Waals surface area contributed by atoms with Gasteiger partial charge in [-0.05, 0) is 5.92 Å². The van der Waals surface area contributed by atoms with Crippen molar-refractivity contribution in [2.45, 2.75) is 6.42 Å². The molecule has 0 rings (SSSR count). The summed E-state index contributed by atoms with van der Waals surface area (Å²) in [7, 11) is 1.20. The Hall–Kier alpha value is -1.30. The summed E-state index contributed by atoms with van der Waals surface area (Å²) in [6.07, 6.45) is 4.34. The lowest BCUT2D eigenvalue weighted by molar-refractivity contribution is -0.142. The van der Waals surface area contributed by atoms with Gasteiger partial charge in [0.2, 0.25) is 5.78 Å². The zero-order chi connectivity index (χ0) is 7.28. The fraction of sp³-hybridized carbons (Fsp3) is 0.333. The van der Waals surface area contributed by atoms with Gasteiger partial charge in [-0.2, -0.15) is 0 Å². The quantitative estimate of drug-likeness (QED) is 0.222. The van der Waals surface area contributed by atoms with Crippen LogP contribution < -0.4 is 0 Å². The number of carbonyl (C=O) groups is 2. The van der Waals surface area contributed by atoms with Crippen molar-refractivity contribution in [2.24, 2.45) is 0 Å². The Bertz CT molecular complexity index is 164. The van der Waals surface area contributed by atoms with E-state index in [1.807, 2.05) is 0 Å². The summed E-state index contributed by atoms with van der Waals surface area (Å²) in [5.41, 5.74) is 0. The number of hydrogen-bond acceptors (Lipinski definition) is 3. The Morgan fingerprint density at radius 2 is 2.22 bits per heavy atom. The van der Waals surface area contributed by atoms with Gasteiger partial charge < -0.3 is 4.74 Å². The Labute approximate surface area is 53.0 Å². The first-order chi connectivity index (χ1) is 4.20. The lowest BCUT2D eigenvalue weighted by Crippen LogP contribution is -2.06. The van der Waals surface area contributed by atoms with Crippen LogP contribution >= 0.6 is 0 Å². The third kappa shape index (κ3) is 3.30. The molecule has 0 amide bonds. The van der Waals surface area contributed by atoms with Crippen LogP contribution in [0.15, 0.2) is 0 Å². The standard InChI is InChI=1S/C6H6O3/c1-3-5(7)4-6(8)9-2/h1H,4H2,2H3. The van der Waals surface area contributed by atoms with E-state index in [9.17, 15) is 9.59 Å². The van der Waals surface area contributed by atoms with Gasteiger partial charge in [0.05, 0.1) is 7.11 Å². The number of terminal acetylenes is 1. The van der Waals surface area contributed by atoms with Crippen LogP contribution in [0.2, 0.25) is 0 Å². The second kappa shape index (κ2) is 3.67. The minimum Gasteiger partial charge on any atom is -0.469 e. The molecule has 0 radical (unpaired) electrons. The van der Waals surface area contributed by atoms with Gasteiger partial charge >= 0.3 is 5.97 Å². The van der Waals surface area contributed by atoms with E-state index in [1.54, 1.807) is 5.92 Å². The maximum Gasteiger partial charge on any atom is 0.314 e. The van der Waals surface area contributed by atoms with Crippen molar-refractivity contribution in [2.75, 3.05) is 7.11 Å². The van der Waals surface area contributed by atoms with Crippen LogP contribution in [0.1, 0.15) is 6.42 Å². The molecule has 0 aromatic carbocycles. The molecule has 0 saturated carbocycles. The number of carbonyl (C=O) groups excluding carboxylic acids is 2. The molecule has 0 saturated heterocycles. The number of methoxy groups -OCH3 is 1. The van der Waals surface area contributed by atoms with Crippen LogP contribution in [0, 0.1) is 12.3 Å². The van der Waals surface area contributed by atoms with Gasteiger partial charge in [-0.15, -0.1) is 6.42 Å². The van der Waals surface area contributed by atoms with Crippen LogP contribution in [-0.2, 0) is 14.3 Å². The predicted octanol–water partition coefficient (Wildman–Crippen LogP) is -0.248. The number of rotatable bonds is 2. The molecule has 0 aliphatic heterocycles. The normalized spacial score (nSPS) is 7.56. The summed E-state index contributed by atoms with van der Waals surface area (Å²) >= 11 is 0. The second-order valence-corrected chi connectivity index (χ2v) is 1.32. The minimum absolute atomic E-state index is 0.326. The largest absolute Gasteiger partial charge is 0.469 e. The molecule has 9 heavy (non-hydrogen) atoms. The first-order valence-corrected chi connectivity index (χ1v) is 2.27. The van der Waals surface area contributed by atoms with Crippen LogP contribution in [0.25, 0.3) is 0 Å². The number of hydrogen-bond donors (Lipinski definition) is 0. The van der Waals surface area contributed by atoms with E-state index in [1.165, 1.54) is 7.11 Å². The molecule has 0 unspecified atom stereocenters. The van der Waals surface area contributed by atoms with Crippen LogP contribution in [0.3, 0.4) is 0 Å². The average molecular weight is 126 g/mol. The fourth-order valence-electron chi connectivity index (χ4n) is 0.254. The van der Waals surface area contributed by atoms with Crippen molar-refractivity contribution in [1.82, 2.24) is 0 Å². The van der Waals surface area contributed by atoms with E-state index in [2.05, 4.69) is 11.2 Å². The first kappa shape index (κ1) is 7.70. The van der Waals surface area contributed by atoms with Gasteiger partial charge in [0.1, 0.15) is 6.42 Å². The van der Waals surface area contributed by atoms with Crippen LogP contribution in [0.5, 0.6) is 0 Å². The van der Waals surface area contributed by atoms with Crippen molar-refractivity contribution in [1.29, 1.82) is 0 Å². The number of ketones is 1. The molecule has 0 fully saturated rings. The highest BCUT2D eigenvalue weighted by Crippen LogP contribution is 1.83. The van der Waals surface area contributed by atoms with Crippen molar-refractivity contribution in [3.63, 3.8) is 0 Å². The maximum absolute atomic E-state index is 10.2. The highest BCUT2D eigenvalue weighted by Gasteiger charge is 2.04. The second-order valence-electron chi connectivity index (χ2n) is 1.32. The Morgan fingerprint density at radius 1 is 1.67 bits per heavy atom. The summed E-state index contributed by atoms with van der Waals surface area (Å²) in [6.45, 7) is 0. The molecule has 0 bridgehead atoms. The van der Waals surface area contributed by atoms with Crippen molar-refractivity contribution < 1.29 is 14.3 Å². The average Bonchev–Trinajstić information content (AvgIpc) is 1.87. The summed E-state index contributed by atoms with van der Waals surface area (Å²) in [5.74, 6) is 0.637. The van der Waals surface area contributed by atoms with E-state index >= 15 is 0 Å². The van der Waals surface area contributed by atoms with Gasteiger partial charge in [-0.1, -0.05) is 0 Å². The smallest absolute Gasteiger partial charge is 0.314 e. The monoisotopic (exact) mass is 126 g/mol. The molecule has 3 heteroatoms. The van der Waals surface area contributed by atoms with Crippen molar-refractivity contribution in [3.8, 4) is 12.3 Å². The van der Waals surface area contributed by atoms with Gasteiger partial charge in [0, 0.05) is 0 Å². The summed E-state index contributed by atoms with van der Waals surface area (Å²) in [4.78, 5) is 20.5. The summed E-state index contributed by atoms with van der Waals surface area (Å²) < 4.78 is 4.17.